The van der Waals surface area contributed by atoms with Crippen molar-refractivity contribution < 1.29 is 4.42 Å². The van der Waals surface area contributed by atoms with Crippen molar-refractivity contribution in [2.45, 2.75) is 0 Å². The summed E-state index contributed by atoms with van der Waals surface area (Å²) in [5.41, 5.74) is 10.2. The second-order valence-electron chi connectivity index (χ2n) is 17.2. The molecule has 0 radical (unpaired) electrons. The first-order valence-corrected chi connectivity index (χ1v) is 23.5. The van der Waals surface area contributed by atoms with Crippen LogP contribution >= 0.6 is 22.7 Å². The molecule has 7 heteroatoms. The summed E-state index contributed by atoms with van der Waals surface area (Å²) < 4.78 is 15.1. The molecule has 0 aliphatic carbocycles. The molecule has 10 aromatic carbocycles. The summed E-state index contributed by atoms with van der Waals surface area (Å²) in [5, 5.41) is 15.6. The van der Waals surface area contributed by atoms with E-state index in [1.54, 1.807) is 11.3 Å². The highest BCUT2D eigenvalue weighted by atomic mass is 32.1. The van der Waals surface area contributed by atoms with E-state index >= 15 is 0 Å². The van der Waals surface area contributed by atoms with Crippen LogP contribution in [0.1, 0.15) is 0 Å². The molecule has 6 heterocycles. The Morgan fingerprint density at radius 3 is 1.72 bits per heavy atom. The van der Waals surface area contributed by atoms with Gasteiger partial charge >= 0.3 is 0 Å². The Hall–Kier alpha value is -8.10. The van der Waals surface area contributed by atoms with E-state index in [1.165, 1.54) is 68.0 Å². The highest BCUT2D eigenvalue weighted by Crippen LogP contribution is 2.49. The number of furan rings is 1. The van der Waals surface area contributed by atoms with E-state index in [4.69, 9.17) is 14.4 Å². The van der Waals surface area contributed by atoms with E-state index < -0.39 is 0 Å². The maximum absolute atomic E-state index is 6.51. The van der Waals surface area contributed by atoms with Gasteiger partial charge in [0.15, 0.2) is 5.82 Å². The lowest BCUT2D eigenvalue weighted by Gasteiger charge is -2.13. The number of nitrogens with zero attached hydrogens (tertiary/aromatic N) is 4. The van der Waals surface area contributed by atoms with Gasteiger partial charge < -0.3 is 8.98 Å². The Morgan fingerprint density at radius 1 is 0.369 bits per heavy atom. The lowest BCUT2D eigenvalue weighted by atomic mass is 9.95. The van der Waals surface area contributed by atoms with Crippen LogP contribution in [0.25, 0.3) is 150 Å². The first-order chi connectivity index (χ1) is 32.2. The molecular weight excluding hydrogens is 833 g/mol. The van der Waals surface area contributed by atoms with Crippen molar-refractivity contribution in [1.82, 2.24) is 19.1 Å². The molecule has 0 amide bonds. The Balaban J connectivity index is 1.09. The number of thiophene rings is 2. The van der Waals surface area contributed by atoms with Crippen molar-refractivity contribution in [2.75, 3.05) is 0 Å². The van der Waals surface area contributed by atoms with Crippen molar-refractivity contribution in [3.63, 3.8) is 0 Å². The summed E-state index contributed by atoms with van der Waals surface area (Å²) in [6.45, 7) is 0. The fraction of sp³-hybridized carbons (Fsp3) is 0. The van der Waals surface area contributed by atoms with E-state index in [1.807, 2.05) is 17.4 Å². The molecule has 16 rings (SSSR count). The van der Waals surface area contributed by atoms with Crippen molar-refractivity contribution in [3.8, 4) is 22.8 Å². The topological polar surface area (TPSA) is 48.8 Å². The molecule has 0 saturated carbocycles. The van der Waals surface area contributed by atoms with E-state index in [0.717, 1.165) is 82.5 Å². The standard InChI is InChI=1S/C58H30N4OS2/c1-2-12-34-33(11-1)38-16-9-18-42-51(38)53-44(61(42)32-24-25-36-35-13-3-6-20-46(35)63-47(36)30-32)26-27-45-54(53)52-39(34)17-10-19-43(52)62(45)57-55(60-58-56(59-57)40-15-5-8-22-49(40)65-58)31-23-28-50-41(29-31)37-14-4-7-21-48(37)64-50/h1-30H. The average molecular weight is 863 g/mol. The molecule has 5 nitrogen and oxygen atoms in total. The molecule has 300 valence electrons. The van der Waals surface area contributed by atoms with Gasteiger partial charge in [0.2, 0.25) is 0 Å². The molecule has 0 unspecified atom stereocenters. The fourth-order valence-electron chi connectivity index (χ4n) is 11.2. The van der Waals surface area contributed by atoms with Crippen LogP contribution in [-0.2, 0) is 0 Å². The molecule has 16 aromatic rings. The predicted molar refractivity (Wildman–Crippen MR) is 275 cm³/mol. The van der Waals surface area contributed by atoms with E-state index in [9.17, 15) is 0 Å². The first kappa shape index (κ1) is 34.4. The average Bonchev–Trinajstić information content (AvgIpc) is 4.16. The van der Waals surface area contributed by atoms with Gasteiger partial charge in [-0.25, -0.2) is 9.97 Å². The largest absolute Gasteiger partial charge is 0.456 e. The third-order valence-electron chi connectivity index (χ3n) is 13.9. The highest BCUT2D eigenvalue weighted by Gasteiger charge is 2.27. The molecule has 0 N–H and O–H groups in total. The quantitative estimate of drug-likeness (QED) is 0.178. The molecule has 0 aliphatic heterocycles. The Labute approximate surface area is 376 Å². The van der Waals surface area contributed by atoms with Crippen molar-refractivity contribution >= 4 is 150 Å². The lowest BCUT2D eigenvalue weighted by molar-refractivity contribution is 0.668. The van der Waals surface area contributed by atoms with Gasteiger partial charge in [0.05, 0.1) is 22.1 Å². The minimum absolute atomic E-state index is 0.822. The lowest BCUT2D eigenvalue weighted by Crippen LogP contribution is -2.03. The zero-order valence-corrected chi connectivity index (χ0v) is 36.0. The zero-order chi connectivity index (χ0) is 42.1. The van der Waals surface area contributed by atoms with E-state index in [0.29, 0.717) is 0 Å². The second kappa shape index (κ2) is 12.3. The first-order valence-electron chi connectivity index (χ1n) is 21.9. The van der Waals surface area contributed by atoms with Crippen LogP contribution in [-0.4, -0.2) is 19.1 Å². The number of aromatic nitrogens is 4. The fourth-order valence-corrected chi connectivity index (χ4v) is 13.3. The van der Waals surface area contributed by atoms with Gasteiger partial charge in [-0.15, -0.1) is 22.7 Å². The second-order valence-corrected chi connectivity index (χ2v) is 19.3. The molecular formula is C58H30N4OS2. The Bertz CT molecular complexity index is 4730. The van der Waals surface area contributed by atoms with Crippen LogP contribution in [0.15, 0.2) is 186 Å². The van der Waals surface area contributed by atoms with Gasteiger partial charge in [0.1, 0.15) is 27.2 Å². The van der Waals surface area contributed by atoms with Crippen LogP contribution in [0.3, 0.4) is 0 Å². The third-order valence-corrected chi connectivity index (χ3v) is 16.1. The number of para-hydroxylation sites is 1. The van der Waals surface area contributed by atoms with Gasteiger partial charge in [-0.3, -0.25) is 4.57 Å². The van der Waals surface area contributed by atoms with Crippen LogP contribution in [0.2, 0.25) is 0 Å². The molecule has 0 spiro atoms. The van der Waals surface area contributed by atoms with Crippen LogP contribution in [0.4, 0.5) is 0 Å². The van der Waals surface area contributed by atoms with Crippen LogP contribution in [0, 0.1) is 0 Å². The van der Waals surface area contributed by atoms with Gasteiger partial charge in [0.25, 0.3) is 0 Å². The number of fused-ring (bicyclic) bond motifs is 12. The summed E-state index contributed by atoms with van der Waals surface area (Å²) in [5.74, 6) is 0.822. The summed E-state index contributed by atoms with van der Waals surface area (Å²) >= 11 is 3.55. The monoisotopic (exact) mass is 862 g/mol. The number of rotatable bonds is 3. The molecule has 65 heavy (non-hydrogen) atoms. The van der Waals surface area contributed by atoms with Crippen LogP contribution < -0.4 is 0 Å². The number of hydrogen-bond acceptors (Lipinski definition) is 5. The van der Waals surface area contributed by atoms with Crippen molar-refractivity contribution in [2.24, 2.45) is 0 Å². The van der Waals surface area contributed by atoms with Gasteiger partial charge in [-0.05, 0) is 88.3 Å². The Kier molecular flexibility index (Phi) is 6.52. The summed E-state index contributed by atoms with van der Waals surface area (Å²) in [7, 11) is 0. The summed E-state index contributed by atoms with van der Waals surface area (Å²) in [4.78, 5) is 12.3. The van der Waals surface area contributed by atoms with Gasteiger partial charge in [0, 0.05) is 79.9 Å². The molecule has 0 saturated heterocycles. The maximum atomic E-state index is 6.51. The molecule has 0 aliphatic rings. The van der Waals surface area contributed by atoms with Gasteiger partial charge in [-0.2, -0.15) is 0 Å². The number of hydrogen-bond donors (Lipinski definition) is 0. The highest BCUT2D eigenvalue weighted by molar-refractivity contribution is 7.26. The Morgan fingerprint density at radius 2 is 0.954 bits per heavy atom. The molecule has 0 bridgehead atoms. The van der Waals surface area contributed by atoms with Gasteiger partial charge in [-0.1, -0.05) is 109 Å². The van der Waals surface area contributed by atoms with E-state index in [-0.39, 0.29) is 0 Å². The van der Waals surface area contributed by atoms with Crippen molar-refractivity contribution in [1.29, 1.82) is 0 Å². The SMILES string of the molecule is c1ccc2c(c1)oc1cc(-n3c4cccc5c6ccccc6c6cccc7c6c6c(c54)c3ccc6n7-c3nc4c(nc3-c3ccc5sc6ccccc6c5c3)sc3ccccc34)ccc12. The summed E-state index contributed by atoms with van der Waals surface area (Å²) in [6.07, 6.45) is 0. The molecule has 6 aromatic heterocycles. The predicted octanol–water partition coefficient (Wildman–Crippen LogP) is 16.7. The summed E-state index contributed by atoms with van der Waals surface area (Å²) in [6, 6.07) is 66.3. The molecule has 0 fully saturated rings. The maximum Gasteiger partial charge on any atom is 0.165 e. The van der Waals surface area contributed by atoms with Crippen LogP contribution in [0.5, 0.6) is 0 Å². The molecule has 0 atom stereocenters. The minimum Gasteiger partial charge on any atom is -0.456 e. The normalized spacial score (nSPS) is 12.6. The minimum atomic E-state index is 0.822. The number of benzene rings is 9. The third kappa shape index (κ3) is 4.46. The smallest absolute Gasteiger partial charge is 0.165 e. The van der Waals surface area contributed by atoms with Crippen molar-refractivity contribution in [3.05, 3.63) is 182 Å². The zero-order valence-electron chi connectivity index (χ0n) is 34.3. The van der Waals surface area contributed by atoms with E-state index in [2.05, 4.69) is 185 Å².